The van der Waals surface area contributed by atoms with Gasteiger partial charge in [0, 0.05) is 6.54 Å². The molecule has 0 radical (unpaired) electrons. The zero-order valence-electron chi connectivity index (χ0n) is 17.6. The minimum Gasteiger partial charge on any atom is -0.497 e. The lowest BCUT2D eigenvalue weighted by atomic mass is 10.1. The van der Waals surface area contributed by atoms with Crippen molar-refractivity contribution in [2.75, 3.05) is 13.7 Å². The molecule has 30 heavy (non-hydrogen) atoms. The lowest BCUT2D eigenvalue weighted by Gasteiger charge is -2.14. The summed E-state index contributed by atoms with van der Waals surface area (Å²) in [5.41, 5.74) is 4.37. The van der Waals surface area contributed by atoms with Crippen LogP contribution in [0, 0.1) is 13.8 Å². The maximum Gasteiger partial charge on any atom is 0.338 e. The summed E-state index contributed by atoms with van der Waals surface area (Å²) in [6.45, 7) is 5.75. The van der Waals surface area contributed by atoms with Gasteiger partial charge in [-0.3, -0.25) is 4.79 Å². The number of rotatable bonds is 7. The van der Waals surface area contributed by atoms with Gasteiger partial charge >= 0.3 is 5.97 Å². The molecule has 156 valence electrons. The Bertz CT molecular complexity index is 1060. The van der Waals surface area contributed by atoms with Gasteiger partial charge in [-0.1, -0.05) is 12.1 Å². The summed E-state index contributed by atoms with van der Waals surface area (Å²) in [5, 5.41) is 2.79. The lowest BCUT2D eigenvalue weighted by molar-refractivity contribution is -0.129. The van der Waals surface area contributed by atoms with Gasteiger partial charge in [-0.25, -0.2) is 14.8 Å². The second-order valence-electron chi connectivity index (χ2n) is 7.03. The molecule has 3 aromatic rings. The molecule has 7 heteroatoms. The van der Waals surface area contributed by atoms with Crippen LogP contribution in [-0.2, 0) is 16.0 Å². The van der Waals surface area contributed by atoms with Gasteiger partial charge in [0.25, 0.3) is 5.91 Å². The quantitative estimate of drug-likeness (QED) is 0.605. The zero-order chi connectivity index (χ0) is 21.7. The summed E-state index contributed by atoms with van der Waals surface area (Å²) in [5.74, 6) is -0.132. The van der Waals surface area contributed by atoms with Gasteiger partial charge in [-0.2, -0.15) is 0 Å². The number of methoxy groups -OCH3 is 1. The van der Waals surface area contributed by atoms with Crippen LogP contribution < -0.4 is 10.1 Å². The predicted octanol–water partition coefficient (Wildman–Crippen LogP) is 3.16. The Hall–Kier alpha value is -3.48. The molecule has 1 aromatic heterocycles. The molecular weight excluding hydrogens is 382 g/mol. The van der Waals surface area contributed by atoms with E-state index in [1.165, 1.54) is 0 Å². The first kappa shape index (κ1) is 21.2. The summed E-state index contributed by atoms with van der Waals surface area (Å²) in [6.07, 6.45) is -0.242. The number of carbonyl (C=O) groups is 2. The van der Waals surface area contributed by atoms with Crippen LogP contribution in [0.25, 0.3) is 11.0 Å². The fourth-order valence-electron chi connectivity index (χ4n) is 2.91. The van der Waals surface area contributed by atoms with Crippen molar-refractivity contribution >= 4 is 22.9 Å². The number of carbonyl (C=O) groups excluding carboxylic acids is 2. The van der Waals surface area contributed by atoms with Crippen molar-refractivity contribution in [3.05, 3.63) is 65.0 Å². The zero-order valence-corrected chi connectivity index (χ0v) is 17.6. The monoisotopic (exact) mass is 407 g/mol. The van der Waals surface area contributed by atoms with Gasteiger partial charge in [-0.15, -0.1) is 0 Å². The number of esters is 1. The highest BCUT2D eigenvalue weighted by molar-refractivity contribution is 5.95. The van der Waals surface area contributed by atoms with E-state index in [-0.39, 0.29) is 5.91 Å². The highest BCUT2D eigenvalue weighted by atomic mass is 16.5. The molecule has 0 fully saturated rings. The van der Waals surface area contributed by atoms with Crippen LogP contribution in [0.15, 0.2) is 42.5 Å². The van der Waals surface area contributed by atoms with E-state index in [0.717, 1.165) is 22.7 Å². The minimum absolute atomic E-state index is 0.331. The molecular formula is C23H25N3O4. The van der Waals surface area contributed by atoms with Gasteiger partial charge in [0.15, 0.2) is 6.10 Å². The number of nitrogens with one attached hydrogen (secondary N) is 1. The van der Waals surface area contributed by atoms with E-state index in [0.29, 0.717) is 29.6 Å². The standard InChI is InChI=1S/C23H25N3O4/c1-14-15(2)26-21-13-18(7-10-20(21)25-14)23(28)30-16(3)22(27)24-12-11-17-5-8-19(29-4)9-6-17/h5-10,13,16H,11-12H2,1-4H3,(H,24,27)/t16-/m0/s1. The minimum atomic E-state index is -0.907. The Kier molecular flexibility index (Phi) is 6.61. The van der Waals surface area contributed by atoms with Crippen LogP contribution >= 0.6 is 0 Å². The molecule has 0 saturated heterocycles. The molecule has 0 saturated carbocycles. The first-order valence-electron chi connectivity index (χ1n) is 9.74. The molecule has 0 bridgehead atoms. The number of benzene rings is 2. The van der Waals surface area contributed by atoms with Crippen molar-refractivity contribution in [1.29, 1.82) is 0 Å². The first-order valence-corrected chi connectivity index (χ1v) is 9.74. The molecule has 1 atom stereocenters. The van der Waals surface area contributed by atoms with Gasteiger partial charge in [0.1, 0.15) is 5.75 Å². The Morgan fingerprint density at radius 2 is 1.67 bits per heavy atom. The van der Waals surface area contributed by atoms with Crippen molar-refractivity contribution in [2.45, 2.75) is 33.3 Å². The Balaban J connectivity index is 1.54. The topological polar surface area (TPSA) is 90.4 Å². The molecule has 0 unspecified atom stereocenters. The molecule has 0 aliphatic carbocycles. The maximum absolute atomic E-state index is 12.4. The first-order chi connectivity index (χ1) is 14.4. The number of ether oxygens (including phenoxy) is 2. The summed E-state index contributed by atoms with van der Waals surface area (Å²) in [4.78, 5) is 33.6. The molecule has 3 rings (SSSR count). The number of aryl methyl sites for hydroxylation is 2. The SMILES string of the molecule is COc1ccc(CCNC(=O)[C@H](C)OC(=O)c2ccc3nc(C)c(C)nc3c2)cc1. The smallest absolute Gasteiger partial charge is 0.338 e. The highest BCUT2D eigenvalue weighted by Gasteiger charge is 2.19. The molecule has 1 heterocycles. The Morgan fingerprint density at radius 3 is 2.33 bits per heavy atom. The third kappa shape index (κ3) is 5.11. The van der Waals surface area contributed by atoms with Crippen molar-refractivity contribution in [3.63, 3.8) is 0 Å². The van der Waals surface area contributed by atoms with E-state index >= 15 is 0 Å². The summed E-state index contributed by atoms with van der Waals surface area (Å²) >= 11 is 0. The largest absolute Gasteiger partial charge is 0.497 e. The van der Waals surface area contributed by atoms with Crippen molar-refractivity contribution in [2.24, 2.45) is 0 Å². The molecule has 0 aliphatic heterocycles. The fourth-order valence-corrected chi connectivity index (χ4v) is 2.91. The van der Waals surface area contributed by atoms with Gasteiger partial charge in [-0.05, 0) is 63.1 Å². The van der Waals surface area contributed by atoms with Crippen LogP contribution in [0.4, 0.5) is 0 Å². The normalized spacial score (nSPS) is 11.7. The molecule has 2 aromatic carbocycles. The highest BCUT2D eigenvalue weighted by Crippen LogP contribution is 2.16. The predicted molar refractivity (Wildman–Crippen MR) is 114 cm³/mol. The lowest BCUT2D eigenvalue weighted by Crippen LogP contribution is -2.36. The number of nitrogens with zero attached hydrogens (tertiary/aromatic N) is 2. The Morgan fingerprint density at radius 1 is 1.00 bits per heavy atom. The number of hydrogen-bond acceptors (Lipinski definition) is 6. The number of amides is 1. The van der Waals surface area contributed by atoms with Gasteiger partial charge < -0.3 is 14.8 Å². The van der Waals surface area contributed by atoms with Crippen LogP contribution in [0.3, 0.4) is 0 Å². The molecule has 0 aliphatic rings. The van der Waals surface area contributed by atoms with E-state index in [1.54, 1.807) is 32.2 Å². The third-order valence-electron chi connectivity index (χ3n) is 4.84. The van der Waals surface area contributed by atoms with E-state index in [1.807, 2.05) is 38.1 Å². The third-order valence-corrected chi connectivity index (χ3v) is 4.84. The van der Waals surface area contributed by atoms with Gasteiger partial charge in [0.2, 0.25) is 0 Å². The second kappa shape index (κ2) is 9.35. The van der Waals surface area contributed by atoms with Crippen LogP contribution in [-0.4, -0.2) is 41.6 Å². The van der Waals surface area contributed by atoms with E-state index in [4.69, 9.17) is 9.47 Å². The van der Waals surface area contributed by atoms with Crippen molar-refractivity contribution < 1.29 is 19.1 Å². The average molecular weight is 407 g/mol. The summed E-state index contributed by atoms with van der Waals surface area (Å²) in [7, 11) is 1.62. The number of fused-ring (bicyclic) bond motifs is 1. The fraction of sp³-hybridized carbons (Fsp3) is 0.304. The molecule has 1 N–H and O–H groups in total. The van der Waals surface area contributed by atoms with Crippen LogP contribution in [0.5, 0.6) is 5.75 Å². The maximum atomic E-state index is 12.4. The summed E-state index contributed by atoms with van der Waals surface area (Å²) < 4.78 is 10.4. The molecule has 7 nitrogen and oxygen atoms in total. The molecule has 0 spiro atoms. The Labute approximate surface area is 175 Å². The van der Waals surface area contributed by atoms with E-state index < -0.39 is 12.1 Å². The van der Waals surface area contributed by atoms with Crippen molar-refractivity contribution in [1.82, 2.24) is 15.3 Å². The number of hydrogen-bond donors (Lipinski definition) is 1. The number of aromatic nitrogens is 2. The van der Waals surface area contributed by atoms with Crippen molar-refractivity contribution in [3.8, 4) is 5.75 Å². The van der Waals surface area contributed by atoms with Crippen LogP contribution in [0.1, 0.15) is 34.2 Å². The van der Waals surface area contributed by atoms with E-state index in [2.05, 4.69) is 15.3 Å². The second-order valence-corrected chi connectivity index (χ2v) is 7.03. The average Bonchev–Trinajstić information content (AvgIpc) is 2.74. The van der Waals surface area contributed by atoms with Gasteiger partial charge in [0.05, 0.1) is 35.1 Å². The molecule has 1 amide bonds. The van der Waals surface area contributed by atoms with E-state index in [9.17, 15) is 9.59 Å². The van der Waals surface area contributed by atoms with Crippen LogP contribution in [0.2, 0.25) is 0 Å². The summed E-state index contributed by atoms with van der Waals surface area (Å²) in [6, 6.07) is 12.6.